The van der Waals surface area contributed by atoms with Gasteiger partial charge in [0, 0.05) is 22.3 Å². The maximum absolute atomic E-state index is 12.6. The Hall–Kier alpha value is -2.59. The van der Waals surface area contributed by atoms with Crippen LogP contribution in [0.2, 0.25) is 5.02 Å². The lowest BCUT2D eigenvalue weighted by atomic mass is 10.1. The van der Waals surface area contributed by atoms with Crippen LogP contribution in [0.3, 0.4) is 0 Å². The molecule has 1 aliphatic rings. The molecule has 132 valence electrons. The van der Waals surface area contributed by atoms with E-state index in [4.69, 9.17) is 21.3 Å². The number of amides is 1. The summed E-state index contributed by atoms with van der Waals surface area (Å²) < 4.78 is 5.41. The Balaban J connectivity index is 1.60. The van der Waals surface area contributed by atoms with E-state index in [0.717, 1.165) is 57.9 Å². The largest absolute Gasteiger partial charge is 0.494 e. The van der Waals surface area contributed by atoms with Crippen LogP contribution in [0.15, 0.2) is 42.5 Å². The smallest absolute Gasteiger partial charge is 0.255 e. The number of fused-ring (bicyclic) bond motifs is 2. The van der Waals surface area contributed by atoms with Crippen molar-refractivity contribution in [2.75, 3.05) is 11.9 Å². The third kappa shape index (κ3) is 3.13. The van der Waals surface area contributed by atoms with Gasteiger partial charge in [-0.15, -0.1) is 0 Å². The monoisotopic (exact) mass is 366 g/mol. The molecule has 1 heterocycles. The molecule has 0 unspecified atom stereocenters. The molecular weight excluding hydrogens is 348 g/mol. The molecule has 0 atom stereocenters. The third-order valence-electron chi connectivity index (χ3n) is 4.63. The highest BCUT2D eigenvalue weighted by Gasteiger charge is 2.19. The minimum Gasteiger partial charge on any atom is -0.494 e. The molecule has 3 aromatic rings. The van der Waals surface area contributed by atoms with Crippen LogP contribution < -0.4 is 10.1 Å². The first kappa shape index (κ1) is 16.9. The number of nitrogens with zero attached hydrogens (tertiary/aromatic N) is 1. The third-order valence-corrected chi connectivity index (χ3v) is 5.06. The average Bonchev–Trinajstić information content (AvgIpc) is 3.12. The van der Waals surface area contributed by atoms with E-state index in [1.54, 1.807) is 6.07 Å². The lowest BCUT2D eigenvalue weighted by Gasteiger charge is -2.10. The molecule has 1 aliphatic carbocycles. The number of ether oxygens (including phenoxy) is 1. The molecule has 26 heavy (non-hydrogen) atoms. The molecule has 2 aromatic carbocycles. The molecule has 1 aromatic heterocycles. The summed E-state index contributed by atoms with van der Waals surface area (Å²) in [6.45, 7) is 2.55. The highest BCUT2D eigenvalue weighted by molar-refractivity contribution is 6.36. The SMILES string of the molecule is CCOc1ccc(NC(=O)c2ccc3c(Cl)c4c(nc3c2)CCC4)cc1. The zero-order chi connectivity index (χ0) is 18.1. The van der Waals surface area contributed by atoms with Crippen molar-refractivity contribution >= 4 is 34.1 Å². The molecule has 0 bridgehead atoms. The van der Waals surface area contributed by atoms with Crippen LogP contribution in [0.1, 0.15) is 35.0 Å². The highest BCUT2D eigenvalue weighted by atomic mass is 35.5. The van der Waals surface area contributed by atoms with Crippen molar-refractivity contribution in [2.24, 2.45) is 0 Å². The zero-order valence-corrected chi connectivity index (χ0v) is 15.3. The first-order valence-electron chi connectivity index (χ1n) is 8.81. The normalized spacial score (nSPS) is 12.8. The molecule has 4 rings (SSSR count). The number of pyridine rings is 1. The van der Waals surface area contributed by atoms with Crippen LogP contribution in [0.5, 0.6) is 5.75 Å². The number of benzene rings is 2. The second kappa shape index (κ2) is 6.96. The van der Waals surface area contributed by atoms with Gasteiger partial charge in [0.2, 0.25) is 0 Å². The first-order valence-corrected chi connectivity index (χ1v) is 9.18. The summed E-state index contributed by atoms with van der Waals surface area (Å²) in [5, 5.41) is 4.59. The van der Waals surface area contributed by atoms with Crippen LogP contribution in [-0.2, 0) is 12.8 Å². The molecule has 0 aliphatic heterocycles. The fourth-order valence-electron chi connectivity index (χ4n) is 3.35. The van der Waals surface area contributed by atoms with Gasteiger partial charge in [-0.25, -0.2) is 0 Å². The van der Waals surface area contributed by atoms with Crippen molar-refractivity contribution < 1.29 is 9.53 Å². The molecule has 0 spiro atoms. The second-order valence-corrected chi connectivity index (χ2v) is 6.73. The van der Waals surface area contributed by atoms with Crippen molar-refractivity contribution in [3.05, 3.63) is 64.3 Å². The molecule has 0 radical (unpaired) electrons. The zero-order valence-electron chi connectivity index (χ0n) is 14.5. The van der Waals surface area contributed by atoms with Gasteiger partial charge in [-0.3, -0.25) is 9.78 Å². The summed E-state index contributed by atoms with van der Waals surface area (Å²) in [5.74, 6) is 0.610. The number of aromatic nitrogens is 1. The molecule has 0 fully saturated rings. The number of carbonyl (C=O) groups excluding carboxylic acids is 1. The van der Waals surface area contributed by atoms with E-state index in [-0.39, 0.29) is 5.91 Å². The number of carbonyl (C=O) groups is 1. The second-order valence-electron chi connectivity index (χ2n) is 6.35. The Bertz CT molecular complexity index is 983. The number of hydrogen-bond donors (Lipinski definition) is 1. The predicted molar refractivity (Wildman–Crippen MR) is 104 cm³/mol. The topological polar surface area (TPSA) is 51.2 Å². The summed E-state index contributed by atoms with van der Waals surface area (Å²) in [6.07, 6.45) is 3.02. The van der Waals surface area contributed by atoms with Crippen LogP contribution in [-0.4, -0.2) is 17.5 Å². The van der Waals surface area contributed by atoms with Crippen LogP contribution >= 0.6 is 11.6 Å². The van der Waals surface area contributed by atoms with E-state index in [1.807, 2.05) is 43.3 Å². The Morgan fingerprint density at radius 2 is 2.00 bits per heavy atom. The van der Waals surface area contributed by atoms with E-state index in [1.165, 1.54) is 0 Å². The van der Waals surface area contributed by atoms with Crippen molar-refractivity contribution in [2.45, 2.75) is 26.2 Å². The van der Waals surface area contributed by atoms with Gasteiger partial charge in [0.05, 0.1) is 17.1 Å². The number of hydrogen-bond acceptors (Lipinski definition) is 3. The summed E-state index contributed by atoms with van der Waals surface area (Å²) in [6, 6.07) is 12.8. The van der Waals surface area contributed by atoms with Gasteiger partial charge in [-0.05, 0) is 68.1 Å². The molecular formula is C21H19ClN2O2. The molecule has 1 N–H and O–H groups in total. The van der Waals surface area contributed by atoms with Crippen LogP contribution in [0.4, 0.5) is 5.69 Å². The predicted octanol–water partition coefficient (Wildman–Crippen LogP) is 5.03. The molecule has 1 amide bonds. The van der Waals surface area contributed by atoms with Gasteiger partial charge < -0.3 is 10.1 Å². The Labute approximate surface area is 157 Å². The van der Waals surface area contributed by atoms with Crippen molar-refractivity contribution in [1.82, 2.24) is 4.98 Å². The lowest BCUT2D eigenvalue weighted by molar-refractivity contribution is 0.102. The summed E-state index contributed by atoms with van der Waals surface area (Å²) in [5.41, 5.74) is 4.28. The van der Waals surface area contributed by atoms with Crippen molar-refractivity contribution in [3.8, 4) is 5.75 Å². The van der Waals surface area contributed by atoms with Crippen LogP contribution in [0.25, 0.3) is 10.9 Å². The van der Waals surface area contributed by atoms with Gasteiger partial charge in [0.1, 0.15) is 5.75 Å². The number of halogens is 1. The van der Waals surface area contributed by atoms with E-state index in [2.05, 4.69) is 5.32 Å². The Kier molecular flexibility index (Phi) is 4.51. The number of aryl methyl sites for hydroxylation is 1. The minimum atomic E-state index is -0.172. The lowest BCUT2D eigenvalue weighted by Crippen LogP contribution is -2.12. The van der Waals surface area contributed by atoms with E-state index >= 15 is 0 Å². The van der Waals surface area contributed by atoms with Gasteiger partial charge in [0.15, 0.2) is 0 Å². The quantitative estimate of drug-likeness (QED) is 0.704. The van der Waals surface area contributed by atoms with Crippen molar-refractivity contribution in [3.63, 3.8) is 0 Å². The molecule has 0 saturated heterocycles. The standard InChI is InChI=1S/C21H19ClN2O2/c1-2-26-15-9-7-14(8-10-15)23-21(25)13-6-11-17-19(12-13)24-18-5-3-4-16(18)20(17)22/h6-12H,2-5H2,1H3,(H,23,25). The minimum absolute atomic E-state index is 0.172. The first-order chi connectivity index (χ1) is 12.7. The van der Waals surface area contributed by atoms with Gasteiger partial charge >= 0.3 is 0 Å². The van der Waals surface area contributed by atoms with E-state index in [0.29, 0.717) is 12.2 Å². The van der Waals surface area contributed by atoms with Gasteiger partial charge in [-0.1, -0.05) is 17.7 Å². The van der Waals surface area contributed by atoms with Gasteiger partial charge in [-0.2, -0.15) is 0 Å². The number of nitrogens with one attached hydrogen (secondary N) is 1. The summed E-state index contributed by atoms with van der Waals surface area (Å²) >= 11 is 6.54. The molecule has 0 saturated carbocycles. The van der Waals surface area contributed by atoms with Crippen LogP contribution in [0, 0.1) is 0 Å². The molecule has 4 nitrogen and oxygen atoms in total. The van der Waals surface area contributed by atoms with Gasteiger partial charge in [0.25, 0.3) is 5.91 Å². The summed E-state index contributed by atoms with van der Waals surface area (Å²) in [4.78, 5) is 17.3. The van der Waals surface area contributed by atoms with Crippen molar-refractivity contribution in [1.29, 1.82) is 0 Å². The maximum Gasteiger partial charge on any atom is 0.255 e. The molecule has 5 heteroatoms. The Morgan fingerprint density at radius 1 is 1.19 bits per heavy atom. The average molecular weight is 367 g/mol. The highest BCUT2D eigenvalue weighted by Crippen LogP contribution is 2.33. The van der Waals surface area contributed by atoms with E-state index < -0.39 is 0 Å². The summed E-state index contributed by atoms with van der Waals surface area (Å²) in [7, 11) is 0. The Morgan fingerprint density at radius 3 is 2.77 bits per heavy atom. The number of rotatable bonds is 4. The fraction of sp³-hybridized carbons (Fsp3) is 0.238. The number of anilines is 1. The van der Waals surface area contributed by atoms with E-state index in [9.17, 15) is 4.79 Å². The fourth-order valence-corrected chi connectivity index (χ4v) is 3.71. The maximum atomic E-state index is 12.6.